The molecular weight excluding hydrogens is 194 g/mol. The second-order valence-corrected chi connectivity index (χ2v) is 3.84. The summed E-state index contributed by atoms with van der Waals surface area (Å²) in [6, 6.07) is 0.471. The molecule has 5 nitrogen and oxygen atoms in total. The summed E-state index contributed by atoms with van der Waals surface area (Å²) in [5.74, 6) is 1.14. The van der Waals surface area contributed by atoms with Gasteiger partial charge in [0, 0.05) is 13.2 Å². The summed E-state index contributed by atoms with van der Waals surface area (Å²) in [5, 5.41) is 6.85. The molecule has 1 N–H and O–H groups in total. The van der Waals surface area contributed by atoms with Gasteiger partial charge in [-0.25, -0.2) is 0 Å². The number of anilines is 1. The molecule has 0 amide bonds. The van der Waals surface area contributed by atoms with Crippen LogP contribution < -0.4 is 5.32 Å². The summed E-state index contributed by atoms with van der Waals surface area (Å²) < 4.78 is 10.3. The van der Waals surface area contributed by atoms with Crippen molar-refractivity contribution in [3.63, 3.8) is 0 Å². The van der Waals surface area contributed by atoms with Gasteiger partial charge in [0.1, 0.15) is 6.61 Å². The smallest absolute Gasteiger partial charge is 0.321 e. The Kier molecular flexibility index (Phi) is 5.10. The summed E-state index contributed by atoms with van der Waals surface area (Å²) >= 11 is 0. The van der Waals surface area contributed by atoms with Crippen LogP contribution >= 0.6 is 0 Å². The highest BCUT2D eigenvalue weighted by molar-refractivity contribution is 5.17. The number of ether oxygens (including phenoxy) is 1. The van der Waals surface area contributed by atoms with Crippen LogP contribution in [0.5, 0.6) is 0 Å². The van der Waals surface area contributed by atoms with E-state index < -0.39 is 0 Å². The van der Waals surface area contributed by atoms with Gasteiger partial charge in [0.15, 0.2) is 5.82 Å². The highest BCUT2D eigenvalue weighted by atomic mass is 16.5. The molecule has 1 rings (SSSR count). The molecule has 0 aliphatic rings. The van der Waals surface area contributed by atoms with Crippen molar-refractivity contribution in [1.29, 1.82) is 0 Å². The Morgan fingerprint density at radius 2 is 2.27 bits per heavy atom. The van der Waals surface area contributed by atoms with E-state index in [-0.39, 0.29) is 0 Å². The molecule has 0 aliphatic heterocycles. The van der Waals surface area contributed by atoms with Crippen LogP contribution in [-0.4, -0.2) is 23.3 Å². The standard InChI is InChI=1S/C10H19N3O2/c1-4-5-14-7-9-12-10(15-13-9)11-6-8(2)3/h8H,4-7H2,1-3H3,(H,11,12,13). The molecular formula is C10H19N3O2. The maximum absolute atomic E-state index is 5.29. The van der Waals surface area contributed by atoms with Crippen molar-refractivity contribution in [1.82, 2.24) is 10.1 Å². The topological polar surface area (TPSA) is 60.2 Å². The van der Waals surface area contributed by atoms with Gasteiger partial charge in [-0.1, -0.05) is 25.9 Å². The molecule has 0 unspecified atom stereocenters. The first-order chi connectivity index (χ1) is 7.22. The summed E-state index contributed by atoms with van der Waals surface area (Å²) in [7, 11) is 0. The van der Waals surface area contributed by atoms with E-state index in [9.17, 15) is 0 Å². The molecule has 1 aromatic rings. The molecule has 0 bridgehead atoms. The molecule has 0 fully saturated rings. The van der Waals surface area contributed by atoms with Gasteiger partial charge in [0.25, 0.3) is 0 Å². The van der Waals surface area contributed by atoms with Crippen LogP contribution in [0, 0.1) is 5.92 Å². The quantitative estimate of drug-likeness (QED) is 0.702. The maximum atomic E-state index is 5.29. The third kappa shape index (κ3) is 4.78. The van der Waals surface area contributed by atoms with Crippen molar-refractivity contribution in [2.45, 2.75) is 33.8 Å². The molecule has 0 saturated heterocycles. The third-order valence-electron chi connectivity index (χ3n) is 1.71. The summed E-state index contributed by atoms with van der Waals surface area (Å²) in [4.78, 5) is 4.14. The lowest BCUT2D eigenvalue weighted by Crippen LogP contribution is -2.08. The fourth-order valence-corrected chi connectivity index (χ4v) is 0.984. The van der Waals surface area contributed by atoms with Crippen LogP contribution in [0.2, 0.25) is 0 Å². The van der Waals surface area contributed by atoms with Crippen LogP contribution in [0.4, 0.5) is 6.01 Å². The van der Waals surface area contributed by atoms with E-state index in [4.69, 9.17) is 9.26 Å². The van der Waals surface area contributed by atoms with E-state index in [2.05, 4.69) is 36.2 Å². The van der Waals surface area contributed by atoms with Crippen LogP contribution in [0.3, 0.4) is 0 Å². The Labute approximate surface area is 90.2 Å². The number of nitrogens with zero attached hydrogens (tertiary/aromatic N) is 2. The average Bonchev–Trinajstić information content (AvgIpc) is 2.63. The molecule has 0 atom stereocenters. The van der Waals surface area contributed by atoms with Crippen LogP contribution in [-0.2, 0) is 11.3 Å². The molecule has 0 aliphatic carbocycles. The van der Waals surface area contributed by atoms with Crippen molar-refractivity contribution in [2.75, 3.05) is 18.5 Å². The fraction of sp³-hybridized carbons (Fsp3) is 0.800. The average molecular weight is 213 g/mol. The molecule has 0 radical (unpaired) electrons. The number of nitrogens with one attached hydrogen (secondary N) is 1. The van der Waals surface area contributed by atoms with Crippen molar-refractivity contribution in [3.05, 3.63) is 5.82 Å². The van der Waals surface area contributed by atoms with Crippen LogP contribution in [0.25, 0.3) is 0 Å². The van der Waals surface area contributed by atoms with Crippen molar-refractivity contribution in [3.8, 4) is 0 Å². The van der Waals surface area contributed by atoms with Crippen molar-refractivity contribution >= 4 is 6.01 Å². The largest absolute Gasteiger partial charge is 0.373 e. The first kappa shape index (κ1) is 12.0. The fourth-order valence-electron chi connectivity index (χ4n) is 0.984. The molecule has 1 heterocycles. The van der Waals surface area contributed by atoms with E-state index in [1.165, 1.54) is 0 Å². The monoisotopic (exact) mass is 213 g/mol. The molecule has 0 saturated carbocycles. The Bertz CT molecular complexity index is 273. The van der Waals surface area contributed by atoms with Crippen molar-refractivity contribution in [2.24, 2.45) is 5.92 Å². The minimum atomic E-state index is 0.417. The highest BCUT2D eigenvalue weighted by Crippen LogP contribution is 2.05. The molecule has 5 heteroatoms. The third-order valence-corrected chi connectivity index (χ3v) is 1.71. The minimum absolute atomic E-state index is 0.417. The van der Waals surface area contributed by atoms with Gasteiger partial charge < -0.3 is 14.6 Å². The van der Waals surface area contributed by atoms with E-state index >= 15 is 0 Å². The zero-order valence-electron chi connectivity index (χ0n) is 9.62. The van der Waals surface area contributed by atoms with E-state index in [1.807, 2.05) is 0 Å². The SMILES string of the molecule is CCCOCc1noc(NCC(C)C)n1. The lowest BCUT2D eigenvalue weighted by molar-refractivity contribution is 0.114. The Morgan fingerprint density at radius 3 is 2.93 bits per heavy atom. The second kappa shape index (κ2) is 6.40. The predicted molar refractivity (Wildman–Crippen MR) is 57.6 cm³/mol. The van der Waals surface area contributed by atoms with Crippen molar-refractivity contribution < 1.29 is 9.26 Å². The lowest BCUT2D eigenvalue weighted by Gasteiger charge is -2.02. The first-order valence-electron chi connectivity index (χ1n) is 5.36. The normalized spacial score (nSPS) is 10.9. The predicted octanol–water partition coefficient (Wildman–Crippen LogP) is 2.06. The van der Waals surface area contributed by atoms with E-state index in [0.717, 1.165) is 19.6 Å². The Hall–Kier alpha value is -1.10. The molecule has 86 valence electrons. The molecule has 0 aromatic carbocycles. The highest BCUT2D eigenvalue weighted by Gasteiger charge is 2.05. The zero-order chi connectivity index (χ0) is 11.1. The van der Waals surface area contributed by atoms with Crippen LogP contribution in [0.1, 0.15) is 33.0 Å². The minimum Gasteiger partial charge on any atom is -0.373 e. The van der Waals surface area contributed by atoms with Gasteiger partial charge in [0.05, 0.1) is 0 Å². The van der Waals surface area contributed by atoms with Gasteiger partial charge in [-0.3, -0.25) is 0 Å². The van der Waals surface area contributed by atoms with Gasteiger partial charge >= 0.3 is 6.01 Å². The summed E-state index contributed by atoms with van der Waals surface area (Å²) in [6.07, 6.45) is 0.996. The van der Waals surface area contributed by atoms with Gasteiger partial charge in [-0.2, -0.15) is 4.98 Å². The maximum Gasteiger partial charge on any atom is 0.321 e. The van der Waals surface area contributed by atoms with Gasteiger partial charge in [-0.15, -0.1) is 0 Å². The lowest BCUT2D eigenvalue weighted by atomic mass is 10.2. The molecule has 15 heavy (non-hydrogen) atoms. The summed E-state index contributed by atoms with van der Waals surface area (Å²) in [5.41, 5.74) is 0. The number of hydrogen-bond donors (Lipinski definition) is 1. The number of rotatable bonds is 7. The zero-order valence-corrected chi connectivity index (χ0v) is 9.62. The van der Waals surface area contributed by atoms with E-state index in [1.54, 1.807) is 0 Å². The number of hydrogen-bond acceptors (Lipinski definition) is 5. The molecule has 1 aromatic heterocycles. The first-order valence-corrected chi connectivity index (χ1v) is 5.36. The molecule has 0 spiro atoms. The van der Waals surface area contributed by atoms with E-state index in [0.29, 0.717) is 24.4 Å². The van der Waals surface area contributed by atoms with Crippen LogP contribution in [0.15, 0.2) is 4.52 Å². The van der Waals surface area contributed by atoms with Gasteiger partial charge in [0.2, 0.25) is 0 Å². The summed E-state index contributed by atoms with van der Waals surface area (Å²) in [6.45, 7) is 8.27. The Morgan fingerprint density at radius 1 is 1.47 bits per heavy atom. The van der Waals surface area contributed by atoms with Gasteiger partial charge in [-0.05, 0) is 12.3 Å². The Balaban J connectivity index is 2.29. The number of aromatic nitrogens is 2. The second-order valence-electron chi connectivity index (χ2n) is 3.84.